The smallest absolute Gasteiger partial charge is 0.170 e. The first-order valence-corrected chi connectivity index (χ1v) is 2.92. The summed E-state index contributed by atoms with van der Waals surface area (Å²) in [7, 11) is 5.14. The van der Waals surface area contributed by atoms with Crippen LogP contribution in [0.3, 0.4) is 0 Å². The minimum Gasteiger partial charge on any atom is -0.254 e. The maximum Gasteiger partial charge on any atom is 0.170 e. The first-order chi connectivity index (χ1) is 4.39. The van der Waals surface area contributed by atoms with Gasteiger partial charge in [-0.05, 0) is 6.07 Å². The van der Waals surface area contributed by atoms with Gasteiger partial charge in [-0.2, -0.15) is 0 Å². The molecule has 1 aromatic heterocycles. The second kappa shape index (κ2) is 5.28. The highest BCUT2D eigenvalue weighted by Crippen LogP contribution is 1.64. The summed E-state index contributed by atoms with van der Waals surface area (Å²) in [4.78, 5) is 7.29. The van der Waals surface area contributed by atoms with E-state index in [-0.39, 0.29) is 0 Å². The highest BCUT2D eigenvalue weighted by Gasteiger charge is 1.74. The van der Waals surface area contributed by atoms with Gasteiger partial charge < -0.3 is 0 Å². The van der Waals surface area contributed by atoms with Gasteiger partial charge in [0.05, 0.1) is 5.72 Å². The Morgan fingerprint density at radius 1 is 1.22 bits per heavy atom. The Hall–Kier alpha value is -0.855. The minimum absolute atomic E-state index is 0.322. The first kappa shape index (κ1) is 8.14. The quantitative estimate of drug-likeness (QED) is 0.460. The molecule has 0 aliphatic carbocycles. The normalized spacial score (nSPS) is 7.33. The van der Waals surface area contributed by atoms with Crippen LogP contribution in [-0.4, -0.2) is 17.8 Å². The van der Waals surface area contributed by atoms with Crippen LogP contribution in [0.1, 0.15) is 13.8 Å². The standard InChI is InChI=1S/C4H3BN2.C2H6/c5-4-6-2-1-3-7-4;1-2/h1-3H;1-2H3. The first-order valence-electron chi connectivity index (χ1n) is 2.92. The molecule has 0 aliphatic rings. The summed E-state index contributed by atoms with van der Waals surface area (Å²) in [5, 5.41) is 0. The average molecular weight is 120 g/mol. The van der Waals surface area contributed by atoms with Gasteiger partial charge in [0.2, 0.25) is 0 Å². The number of aromatic nitrogens is 2. The maximum atomic E-state index is 5.14. The van der Waals surface area contributed by atoms with Crippen molar-refractivity contribution in [2.24, 2.45) is 0 Å². The van der Waals surface area contributed by atoms with Gasteiger partial charge in [0.1, 0.15) is 0 Å². The zero-order valence-corrected chi connectivity index (χ0v) is 5.70. The lowest BCUT2D eigenvalue weighted by Crippen LogP contribution is -2.10. The van der Waals surface area contributed by atoms with Gasteiger partial charge in [-0.25, -0.2) is 0 Å². The lowest BCUT2D eigenvalue weighted by atomic mass is 10.1. The fourth-order valence-corrected chi connectivity index (χ4v) is 0.311. The summed E-state index contributed by atoms with van der Waals surface area (Å²) in [5.41, 5.74) is 0.322. The molecular weight excluding hydrogens is 111 g/mol. The number of nitrogens with zero attached hydrogens (tertiary/aromatic N) is 2. The second-order valence-electron chi connectivity index (χ2n) is 1.11. The molecular formula is C6H9BN2. The van der Waals surface area contributed by atoms with E-state index in [4.69, 9.17) is 7.85 Å². The molecule has 1 aromatic rings. The minimum atomic E-state index is 0.322. The summed E-state index contributed by atoms with van der Waals surface area (Å²) in [6.07, 6.45) is 3.20. The van der Waals surface area contributed by atoms with Crippen molar-refractivity contribution in [3.05, 3.63) is 18.5 Å². The highest BCUT2D eigenvalue weighted by molar-refractivity contribution is 6.28. The summed E-state index contributed by atoms with van der Waals surface area (Å²) in [5.74, 6) is 0. The third kappa shape index (κ3) is 3.70. The Morgan fingerprint density at radius 3 is 1.89 bits per heavy atom. The van der Waals surface area contributed by atoms with E-state index in [9.17, 15) is 0 Å². The molecule has 46 valence electrons. The SMILES string of the molecule is CC.[B]c1ncccn1. The van der Waals surface area contributed by atoms with Crippen molar-refractivity contribution >= 4 is 13.6 Å². The van der Waals surface area contributed by atoms with Crippen LogP contribution in [0.15, 0.2) is 18.5 Å². The van der Waals surface area contributed by atoms with E-state index >= 15 is 0 Å². The van der Waals surface area contributed by atoms with Crippen LogP contribution in [0.4, 0.5) is 0 Å². The Kier molecular flexibility index (Phi) is 4.78. The Balaban J connectivity index is 0.000000291. The predicted octanol–water partition coefficient (Wildman–Crippen LogP) is 0.297. The molecule has 0 bridgehead atoms. The molecule has 0 atom stereocenters. The molecule has 0 aromatic carbocycles. The van der Waals surface area contributed by atoms with Gasteiger partial charge in [-0.1, -0.05) is 13.8 Å². The van der Waals surface area contributed by atoms with Crippen molar-refractivity contribution in [2.45, 2.75) is 13.8 Å². The van der Waals surface area contributed by atoms with Gasteiger partial charge in [-0.3, -0.25) is 9.97 Å². The zero-order valence-electron chi connectivity index (χ0n) is 5.70. The monoisotopic (exact) mass is 120 g/mol. The maximum absolute atomic E-state index is 5.14. The van der Waals surface area contributed by atoms with Crippen molar-refractivity contribution in [3.63, 3.8) is 0 Å². The zero-order chi connectivity index (χ0) is 7.11. The molecule has 0 unspecified atom stereocenters. The summed E-state index contributed by atoms with van der Waals surface area (Å²) in [6, 6.07) is 1.72. The average Bonchev–Trinajstić information content (AvgIpc) is 1.94. The van der Waals surface area contributed by atoms with Crippen molar-refractivity contribution in [2.75, 3.05) is 0 Å². The fraction of sp³-hybridized carbons (Fsp3) is 0.333. The lowest BCUT2D eigenvalue weighted by Gasteiger charge is -1.82. The molecule has 0 saturated heterocycles. The molecule has 0 saturated carbocycles. The predicted molar refractivity (Wildman–Crippen MR) is 38.8 cm³/mol. The molecule has 0 spiro atoms. The van der Waals surface area contributed by atoms with Crippen molar-refractivity contribution in [1.82, 2.24) is 9.97 Å². The Labute approximate surface area is 56.8 Å². The Morgan fingerprint density at radius 2 is 1.67 bits per heavy atom. The van der Waals surface area contributed by atoms with Gasteiger partial charge >= 0.3 is 0 Å². The van der Waals surface area contributed by atoms with Gasteiger partial charge in [0, 0.05) is 12.4 Å². The number of hydrogen-bond donors (Lipinski definition) is 0. The molecule has 2 radical (unpaired) electrons. The third-order valence-electron chi connectivity index (χ3n) is 0.586. The molecule has 0 N–H and O–H groups in total. The second-order valence-corrected chi connectivity index (χ2v) is 1.11. The molecule has 1 heterocycles. The van der Waals surface area contributed by atoms with Crippen LogP contribution in [0, 0.1) is 0 Å². The van der Waals surface area contributed by atoms with E-state index in [0.717, 1.165) is 0 Å². The van der Waals surface area contributed by atoms with Gasteiger partial charge in [0.15, 0.2) is 7.85 Å². The molecule has 9 heavy (non-hydrogen) atoms. The number of rotatable bonds is 0. The highest BCUT2D eigenvalue weighted by atomic mass is 14.8. The molecule has 2 nitrogen and oxygen atoms in total. The van der Waals surface area contributed by atoms with E-state index in [0.29, 0.717) is 5.72 Å². The summed E-state index contributed by atoms with van der Waals surface area (Å²) in [6.45, 7) is 4.00. The van der Waals surface area contributed by atoms with Crippen LogP contribution in [0.5, 0.6) is 0 Å². The van der Waals surface area contributed by atoms with Crippen LogP contribution in [0.25, 0.3) is 0 Å². The van der Waals surface area contributed by atoms with Crippen molar-refractivity contribution in [1.29, 1.82) is 0 Å². The fourth-order valence-electron chi connectivity index (χ4n) is 0.311. The van der Waals surface area contributed by atoms with Gasteiger partial charge in [-0.15, -0.1) is 0 Å². The van der Waals surface area contributed by atoms with E-state index in [1.54, 1.807) is 18.5 Å². The lowest BCUT2D eigenvalue weighted by molar-refractivity contribution is 1.24. The van der Waals surface area contributed by atoms with Crippen LogP contribution in [-0.2, 0) is 0 Å². The van der Waals surface area contributed by atoms with E-state index in [2.05, 4.69) is 9.97 Å². The van der Waals surface area contributed by atoms with Crippen LogP contribution in [0.2, 0.25) is 0 Å². The van der Waals surface area contributed by atoms with Crippen LogP contribution >= 0.6 is 0 Å². The van der Waals surface area contributed by atoms with Gasteiger partial charge in [0.25, 0.3) is 0 Å². The molecule has 0 amide bonds. The van der Waals surface area contributed by atoms with Crippen molar-refractivity contribution in [3.8, 4) is 0 Å². The third-order valence-corrected chi connectivity index (χ3v) is 0.586. The molecule has 0 aliphatic heterocycles. The van der Waals surface area contributed by atoms with E-state index < -0.39 is 0 Å². The summed E-state index contributed by atoms with van der Waals surface area (Å²) >= 11 is 0. The van der Waals surface area contributed by atoms with Crippen molar-refractivity contribution < 1.29 is 0 Å². The molecule has 0 fully saturated rings. The molecule has 3 heteroatoms. The van der Waals surface area contributed by atoms with E-state index in [1.807, 2.05) is 13.8 Å². The Bertz CT molecular complexity index is 141. The molecule has 1 rings (SSSR count). The van der Waals surface area contributed by atoms with Crippen LogP contribution < -0.4 is 5.72 Å². The van der Waals surface area contributed by atoms with E-state index in [1.165, 1.54) is 0 Å². The summed E-state index contributed by atoms with van der Waals surface area (Å²) < 4.78 is 0. The topological polar surface area (TPSA) is 25.8 Å². The number of hydrogen-bond acceptors (Lipinski definition) is 2. The largest absolute Gasteiger partial charge is 0.254 e.